The summed E-state index contributed by atoms with van der Waals surface area (Å²) in [6.45, 7) is 3.50. The molecule has 1 atom stereocenters. The van der Waals surface area contributed by atoms with Crippen molar-refractivity contribution < 1.29 is 18.8 Å². The van der Waals surface area contributed by atoms with Gasteiger partial charge in [0.1, 0.15) is 23.5 Å². The number of halogens is 2. The van der Waals surface area contributed by atoms with Crippen molar-refractivity contribution in [3.63, 3.8) is 0 Å². The Labute approximate surface area is 222 Å². The number of hydrogen-bond donors (Lipinski definition) is 0. The lowest BCUT2D eigenvalue weighted by Crippen LogP contribution is -2.12. The molecule has 0 aliphatic carbocycles. The number of ether oxygens (including phenoxy) is 2. The Balaban J connectivity index is 1.65. The fraction of sp³-hybridized carbons (Fsp3) is 0.231. The smallest absolute Gasteiger partial charge is 0.220 e. The Morgan fingerprint density at radius 1 is 1.14 bits per heavy atom. The number of nitrogens with zero attached hydrogens (tertiary/aromatic N) is 4. The molecule has 0 spiro atoms. The van der Waals surface area contributed by atoms with E-state index in [-0.39, 0.29) is 34.7 Å². The van der Waals surface area contributed by atoms with E-state index in [0.717, 1.165) is 11.3 Å². The van der Waals surface area contributed by atoms with Gasteiger partial charge in [-0.1, -0.05) is 53.2 Å². The maximum atomic E-state index is 13.5. The van der Waals surface area contributed by atoms with Crippen LogP contribution in [0.5, 0.6) is 11.5 Å². The Morgan fingerprint density at radius 2 is 1.89 bits per heavy atom. The third-order valence-electron chi connectivity index (χ3n) is 5.55. The van der Waals surface area contributed by atoms with Crippen LogP contribution < -0.4 is 9.47 Å². The molecule has 11 heteroatoms. The number of benzene rings is 3. The number of aromatic nitrogens is 3. The van der Waals surface area contributed by atoms with Crippen LogP contribution in [0, 0.1) is 29.8 Å². The zero-order valence-electron chi connectivity index (χ0n) is 20.4. The highest BCUT2D eigenvalue weighted by Crippen LogP contribution is 2.43. The second kappa shape index (κ2) is 11.6. The summed E-state index contributed by atoms with van der Waals surface area (Å²) in [6.07, 6.45) is 0. The number of nitro groups is 1. The van der Waals surface area contributed by atoms with Crippen LogP contribution in [0.1, 0.15) is 27.8 Å². The maximum Gasteiger partial charge on any atom is 0.220 e. The number of aryl methyl sites for hydroxylation is 2. The average molecular weight is 543 g/mol. The van der Waals surface area contributed by atoms with Gasteiger partial charge in [-0.25, -0.2) is 4.39 Å². The number of methoxy groups -OCH3 is 1. The van der Waals surface area contributed by atoms with Gasteiger partial charge in [-0.05, 0) is 61.4 Å². The summed E-state index contributed by atoms with van der Waals surface area (Å²) < 4.78 is 26.7. The summed E-state index contributed by atoms with van der Waals surface area (Å²) >= 11 is 7.76. The van der Waals surface area contributed by atoms with Crippen LogP contribution in [0.2, 0.25) is 5.02 Å². The van der Waals surface area contributed by atoms with Crippen molar-refractivity contribution in [3.8, 4) is 17.2 Å². The molecule has 0 unspecified atom stereocenters. The summed E-state index contributed by atoms with van der Waals surface area (Å²) in [5.74, 6) is 0.857. The van der Waals surface area contributed by atoms with Crippen LogP contribution in [0.15, 0.2) is 65.8 Å². The summed E-state index contributed by atoms with van der Waals surface area (Å²) in [6, 6.07) is 17.2. The summed E-state index contributed by atoms with van der Waals surface area (Å²) in [4.78, 5) is 11.2. The topological polar surface area (TPSA) is 92.3 Å². The van der Waals surface area contributed by atoms with E-state index in [4.69, 9.17) is 21.1 Å². The first-order chi connectivity index (χ1) is 17.7. The van der Waals surface area contributed by atoms with E-state index in [0.29, 0.717) is 27.9 Å². The van der Waals surface area contributed by atoms with E-state index >= 15 is 0 Å². The highest BCUT2D eigenvalue weighted by Gasteiger charge is 2.26. The van der Waals surface area contributed by atoms with Gasteiger partial charge in [0.05, 0.1) is 12.1 Å². The van der Waals surface area contributed by atoms with Crippen molar-refractivity contribution >= 4 is 23.4 Å². The molecule has 1 aromatic heterocycles. The number of hydrogen-bond acceptors (Lipinski definition) is 7. The van der Waals surface area contributed by atoms with Crippen molar-refractivity contribution in [1.82, 2.24) is 14.8 Å². The molecule has 192 valence electrons. The molecule has 8 nitrogen and oxygen atoms in total. The normalized spacial score (nSPS) is 11.8. The predicted molar refractivity (Wildman–Crippen MR) is 140 cm³/mol. The van der Waals surface area contributed by atoms with E-state index in [2.05, 4.69) is 10.2 Å². The molecule has 4 rings (SSSR count). The van der Waals surface area contributed by atoms with Crippen LogP contribution in [0.4, 0.5) is 4.39 Å². The molecule has 0 amide bonds. The number of thioether (sulfide) groups is 1. The zero-order chi connectivity index (χ0) is 26.5. The van der Waals surface area contributed by atoms with Gasteiger partial charge in [-0.15, -0.1) is 10.2 Å². The van der Waals surface area contributed by atoms with Gasteiger partial charge in [0.15, 0.2) is 16.7 Å². The summed E-state index contributed by atoms with van der Waals surface area (Å²) in [5.41, 5.74) is 3.15. The molecule has 0 fully saturated rings. The Bertz CT molecular complexity index is 1410. The SMILES string of the molecule is COc1cc([C@@H](C[N+](=O)[O-])Sc2nnc(C)n2-c2ccc(C)cc2)cc(Cl)c1OCc1cccc(F)c1. The standard InChI is InChI=1S/C26H24ClFN4O4S/c1-16-7-9-21(10-8-16)32-17(2)29-30-26(32)37-24(14-31(33)34)19-12-22(27)25(23(13-19)35-3)36-15-18-5-4-6-20(28)11-18/h4-13,24H,14-15H2,1-3H3/t24-/m1/s1. The molecule has 0 saturated carbocycles. The van der Waals surface area contributed by atoms with Gasteiger partial charge in [0.2, 0.25) is 6.54 Å². The first-order valence-corrected chi connectivity index (χ1v) is 12.5. The first kappa shape index (κ1) is 26.4. The Kier molecular flexibility index (Phi) is 8.30. The van der Waals surface area contributed by atoms with Gasteiger partial charge in [-0.2, -0.15) is 0 Å². The van der Waals surface area contributed by atoms with Crippen LogP contribution >= 0.6 is 23.4 Å². The Morgan fingerprint density at radius 3 is 2.57 bits per heavy atom. The predicted octanol–water partition coefficient (Wildman–Crippen LogP) is 6.37. The quantitative estimate of drug-likeness (QED) is 0.130. The third kappa shape index (κ3) is 6.39. The molecule has 0 saturated heterocycles. The second-order valence-corrected chi connectivity index (χ2v) is 9.85. The van der Waals surface area contributed by atoms with Crippen molar-refractivity contribution in [2.75, 3.05) is 13.7 Å². The second-order valence-electron chi connectivity index (χ2n) is 8.28. The average Bonchev–Trinajstić information content (AvgIpc) is 3.22. The molecule has 0 aliphatic rings. The number of rotatable bonds is 10. The zero-order valence-corrected chi connectivity index (χ0v) is 21.9. The lowest BCUT2D eigenvalue weighted by molar-refractivity contribution is -0.479. The van der Waals surface area contributed by atoms with Crippen molar-refractivity contribution in [3.05, 3.63) is 104 Å². The van der Waals surface area contributed by atoms with Gasteiger partial charge in [0.25, 0.3) is 0 Å². The molecule has 0 N–H and O–H groups in total. The largest absolute Gasteiger partial charge is 0.493 e. The molecule has 1 heterocycles. The molecular weight excluding hydrogens is 519 g/mol. The highest BCUT2D eigenvalue weighted by atomic mass is 35.5. The van der Waals surface area contributed by atoms with E-state index in [1.54, 1.807) is 24.3 Å². The van der Waals surface area contributed by atoms with E-state index in [1.807, 2.05) is 42.7 Å². The van der Waals surface area contributed by atoms with E-state index < -0.39 is 5.25 Å². The molecular formula is C26H24ClFN4O4S. The van der Waals surface area contributed by atoms with Crippen LogP contribution in [0.3, 0.4) is 0 Å². The monoisotopic (exact) mass is 542 g/mol. The van der Waals surface area contributed by atoms with Crippen LogP contribution in [-0.2, 0) is 6.61 Å². The molecule has 4 aromatic rings. The molecule has 3 aromatic carbocycles. The van der Waals surface area contributed by atoms with Gasteiger partial charge in [0, 0.05) is 10.6 Å². The fourth-order valence-electron chi connectivity index (χ4n) is 3.73. The first-order valence-electron chi connectivity index (χ1n) is 11.3. The van der Waals surface area contributed by atoms with Crippen molar-refractivity contribution in [2.45, 2.75) is 30.9 Å². The lowest BCUT2D eigenvalue weighted by atomic mass is 10.1. The van der Waals surface area contributed by atoms with Crippen molar-refractivity contribution in [2.24, 2.45) is 0 Å². The lowest BCUT2D eigenvalue weighted by Gasteiger charge is -2.18. The van der Waals surface area contributed by atoms with E-state index in [1.165, 1.54) is 31.0 Å². The van der Waals surface area contributed by atoms with Crippen LogP contribution in [0.25, 0.3) is 5.69 Å². The van der Waals surface area contributed by atoms with Gasteiger partial charge < -0.3 is 9.47 Å². The fourth-order valence-corrected chi connectivity index (χ4v) is 5.16. The van der Waals surface area contributed by atoms with Gasteiger partial charge >= 0.3 is 0 Å². The molecule has 0 bridgehead atoms. The van der Waals surface area contributed by atoms with Crippen molar-refractivity contribution in [1.29, 1.82) is 0 Å². The Hall–Kier alpha value is -3.63. The molecule has 0 aliphatic heterocycles. The molecule has 37 heavy (non-hydrogen) atoms. The molecule has 0 radical (unpaired) electrons. The minimum Gasteiger partial charge on any atom is -0.493 e. The maximum absolute atomic E-state index is 13.5. The summed E-state index contributed by atoms with van der Waals surface area (Å²) in [7, 11) is 1.46. The van der Waals surface area contributed by atoms with Gasteiger partial charge in [-0.3, -0.25) is 14.7 Å². The van der Waals surface area contributed by atoms with E-state index in [9.17, 15) is 14.5 Å². The summed E-state index contributed by atoms with van der Waals surface area (Å²) in [5, 5.41) is 20.1. The third-order valence-corrected chi connectivity index (χ3v) is 7.01. The minimum atomic E-state index is -0.647. The van der Waals surface area contributed by atoms with Crippen LogP contribution in [-0.4, -0.2) is 33.3 Å². The minimum absolute atomic E-state index is 0.0686. The highest BCUT2D eigenvalue weighted by molar-refractivity contribution is 7.99.